The van der Waals surface area contributed by atoms with Crippen molar-refractivity contribution in [2.24, 2.45) is 22.9 Å². The van der Waals surface area contributed by atoms with Crippen LogP contribution in [0.2, 0.25) is 0 Å². The molecule has 0 unspecified atom stereocenters. The van der Waals surface area contributed by atoms with Gasteiger partial charge in [-0.15, -0.1) is 24.8 Å². The monoisotopic (exact) mass is 2050 g/mol. The Morgan fingerprint density at radius 1 is 0.377 bits per heavy atom. The van der Waals surface area contributed by atoms with Crippen molar-refractivity contribution < 1.29 is 159 Å². The second kappa shape index (κ2) is 62.4. The first-order chi connectivity index (χ1) is 54.2. The van der Waals surface area contributed by atoms with Crippen LogP contribution in [-0.4, -0.2) is 266 Å². The number of rotatable bonds is 30. The number of hydrogen-bond acceptors (Lipinski definition) is 35. The number of imide groups is 2. The highest BCUT2D eigenvalue weighted by Gasteiger charge is 2.37. The summed E-state index contributed by atoms with van der Waals surface area (Å²) in [6, 6.07) is 0. The van der Waals surface area contributed by atoms with E-state index in [4.69, 9.17) is 90.4 Å². The van der Waals surface area contributed by atoms with Crippen molar-refractivity contribution in [3.8, 4) is 0 Å². The maximum Gasteiger partial charge on any atom is 0.519 e. The molecule has 0 saturated heterocycles. The van der Waals surface area contributed by atoms with Crippen molar-refractivity contribution in [3.63, 3.8) is 0 Å². The van der Waals surface area contributed by atoms with Gasteiger partial charge >= 0.3 is 72.0 Å². The third kappa shape index (κ3) is 79.2. The Balaban J connectivity index is -0.000000258. The minimum Gasteiger partial charge on any atom is -0.480 e. The number of alkyl halides is 1. The zero-order valence-electron chi connectivity index (χ0n) is 74.0. The molecule has 122 heavy (non-hydrogen) atoms. The first-order valence-corrected chi connectivity index (χ1v) is 40.8. The summed E-state index contributed by atoms with van der Waals surface area (Å²) in [4.78, 5) is 181. The lowest BCUT2D eigenvalue weighted by Gasteiger charge is -2.26. The molecule has 708 valence electrons. The Hall–Kier alpha value is -6.72. The molecule has 39 nitrogen and oxygen atoms in total. The molecule has 0 fully saturated rings. The van der Waals surface area contributed by atoms with E-state index in [0.717, 1.165) is 28.0 Å². The fraction of sp³-hybridized carbons (Fsp3) is 0.714. The van der Waals surface area contributed by atoms with Crippen molar-refractivity contribution in [3.05, 3.63) is 31.7 Å². The fourth-order valence-electron chi connectivity index (χ4n) is 7.60. The first kappa shape index (κ1) is 128. The molecule has 0 aromatic rings. The number of esters is 8. The number of halogens is 6. The lowest BCUT2D eigenvalue weighted by atomic mass is 10.1. The topological polar surface area (TPSA) is 585 Å². The molecule has 0 radical (unpaired) electrons. The van der Waals surface area contributed by atoms with Gasteiger partial charge in [0.15, 0.2) is 0 Å². The van der Waals surface area contributed by atoms with Gasteiger partial charge in [-0.1, -0.05) is 15.9 Å². The van der Waals surface area contributed by atoms with Gasteiger partial charge in [0.05, 0.1) is 52.6 Å². The highest BCUT2D eigenvalue weighted by molar-refractivity contribution is 9.12. The smallest absolute Gasteiger partial charge is 0.480 e. The Morgan fingerprint density at radius 2 is 0.656 bits per heavy atom. The number of cyclic esters (lactones) is 2. The van der Waals surface area contributed by atoms with Crippen LogP contribution in [-0.2, 0) is 129 Å². The zero-order chi connectivity index (χ0) is 95.1. The molecule has 0 aliphatic carbocycles. The quantitative estimate of drug-likeness (QED) is 0.0109. The standard InChI is InChI=1S/C21H38O7.C15H28O5.C13H10Br2N2O7.C10H18O5.C6H11BrO2.C5H12N2O3.C4HBrO3.C3H10N2O.2ClH/c1-19(2,3)26-16(22)12-10-15(11-13-17(23)27-20(4,5)6)25-14-18(24)28-21(7,8)9;1-14(2,3)19-12(17)9-7-11(16)8-10-13(18)20-15(4,5)6;14-7-1-9(18)16(12(7)22)3-6(24-5-11(20)21)4-17-10(19)2-8(15)13(17)23;1-9(2,3)14-7(11)13-8(12)15-10(4,5)6;1-6(2,3)9-5(8)4-7;6-1-4(2-7)10-3-5(8)9;5-2-1-3(6)8-4(2)7;4-1-3(6)2-5;;/h15H,10-14H2,1-9H3;11,16H,7-10H2,1-6H3;1-2,6H,3-5H2,(H,20,21);1-6H3;4H2,1-3H3;4H,1-3,6-7H2,(H,8,9);1H;3,6H,1-2,4-5H2;2*1H. The Labute approximate surface area is 759 Å². The molecule has 3 heterocycles. The molecule has 0 aromatic heterocycles. The first-order valence-electron chi connectivity index (χ1n) is 37.3. The van der Waals surface area contributed by atoms with Crippen molar-refractivity contribution in [1.82, 2.24) is 9.80 Å². The number of carboxylic acid groups (broad SMARTS) is 2. The van der Waals surface area contributed by atoms with Crippen LogP contribution in [0.4, 0.5) is 9.59 Å². The van der Waals surface area contributed by atoms with Crippen molar-refractivity contribution >= 4 is 184 Å². The van der Waals surface area contributed by atoms with E-state index in [2.05, 4.69) is 73.2 Å². The number of nitrogens with two attached hydrogens (primary N) is 4. The molecule has 0 bridgehead atoms. The number of carbonyl (C=O) groups excluding carboxylic acids is 14. The van der Waals surface area contributed by atoms with Gasteiger partial charge in [-0.3, -0.25) is 53.0 Å². The Bertz CT molecular complexity index is 3240. The maximum atomic E-state index is 12.0. The summed E-state index contributed by atoms with van der Waals surface area (Å²) < 4.78 is 64.6. The number of aliphatic hydroxyl groups is 2. The fourth-order valence-corrected chi connectivity index (χ4v) is 8.80. The van der Waals surface area contributed by atoms with Gasteiger partial charge in [0.2, 0.25) is 0 Å². The summed E-state index contributed by atoms with van der Waals surface area (Å²) in [5.74, 6) is -8.02. The van der Waals surface area contributed by atoms with E-state index in [9.17, 15) is 81.8 Å². The SMILES string of the molecule is CC(C)(C)OC(=O)CBr.CC(C)(C)OC(=O)CCC(CCC(=O)OC(C)(C)C)OCC(=O)OC(C)(C)C.CC(C)(C)OC(=O)CCC(O)CCC(=O)OC(C)(C)C.CC(C)(C)OC(=O)OC(=O)OC(C)(C)C.Cl.Cl.NCC(CN)OCC(=O)O.NCC(O)CN.O=C(O)COC(CN1C(=O)C=C(Br)C1=O)CN1C(=O)C=C(Br)C1=O.O=C1C=C(Br)C(=O)O1. The van der Waals surface area contributed by atoms with Crippen molar-refractivity contribution in [1.29, 1.82) is 0 Å². The predicted molar refractivity (Wildman–Crippen MR) is 462 cm³/mol. The second-order valence-corrected chi connectivity index (χ2v) is 36.5. The maximum absolute atomic E-state index is 12.0. The number of ether oxygens (including phenoxy) is 13. The van der Waals surface area contributed by atoms with Crippen LogP contribution in [0, 0.1) is 0 Å². The lowest BCUT2D eigenvalue weighted by Crippen LogP contribution is -2.46. The van der Waals surface area contributed by atoms with Gasteiger partial charge < -0.3 is 105 Å². The van der Waals surface area contributed by atoms with E-state index in [-0.39, 0.29) is 176 Å². The summed E-state index contributed by atoms with van der Waals surface area (Å²) >= 11 is 11.7. The largest absolute Gasteiger partial charge is 0.519 e. The zero-order valence-corrected chi connectivity index (χ0v) is 82.0. The van der Waals surface area contributed by atoms with Crippen LogP contribution >= 0.6 is 88.5 Å². The Morgan fingerprint density at radius 3 is 0.869 bits per heavy atom. The van der Waals surface area contributed by atoms with Crippen LogP contribution in [0.5, 0.6) is 0 Å². The van der Waals surface area contributed by atoms with Crippen molar-refractivity contribution in [2.45, 2.75) is 293 Å². The average molecular weight is 2060 g/mol. The van der Waals surface area contributed by atoms with Gasteiger partial charge in [0.25, 0.3) is 23.6 Å². The van der Waals surface area contributed by atoms with Gasteiger partial charge in [-0.2, -0.15) is 0 Å². The molecule has 0 aromatic carbocycles. The molecule has 0 atom stereocenters. The molecule has 3 rings (SSSR count). The van der Waals surface area contributed by atoms with Gasteiger partial charge in [-0.05, 0) is 240 Å². The molecular formula is C77H130Br4Cl2N6O33. The van der Waals surface area contributed by atoms with Gasteiger partial charge in [0, 0.05) is 70.1 Å². The van der Waals surface area contributed by atoms with E-state index >= 15 is 0 Å². The highest BCUT2D eigenvalue weighted by Crippen LogP contribution is 2.24. The molecule has 3 aliphatic heterocycles. The third-order valence-electron chi connectivity index (χ3n) is 12.0. The number of carbonyl (C=O) groups is 16. The normalized spacial score (nSPS) is 13.3. The summed E-state index contributed by atoms with van der Waals surface area (Å²) in [6.45, 7) is 41.5. The number of aliphatic hydroxyl groups excluding tert-OH is 2. The Kier molecular flexibility index (Phi) is 65.7. The van der Waals surface area contributed by atoms with E-state index in [0.29, 0.717) is 12.8 Å². The van der Waals surface area contributed by atoms with Gasteiger partial charge in [-0.25, -0.2) is 33.6 Å². The number of aliphatic carboxylic acids is 2. The molecule has 0 spiro atoms. The number of amides is 4. The minimum absolute atomic E-state index is 0. The summed E-state index contributed by atoms with van der Waals surface area (Å²) in [7, 11) is 0. The molecule has 0 saturated carbocycles. The second-order valence-electron chi connectivity index (χ2n) is 33.4. The van der Waals surface area contributed by atoms with Crippen LogP contribution < -0.4 is 22.9 Å². The molecular weight excluding hydrogens is 1930 g/mol. The third-order valence-corrected chi connectivity index (χ3v) is 14.2. The van der Waals surface area contributed by atoms with E-state index in [1.807, 2.05) is 20.8 Å². The summed E-state index contributed by atoms with van der Waals surface area (Å²) in [6.07, 6.45) is -0.146. The predicted octanol–water partition coefficient (Wildman–Crippen LogP) is 8.73. The molecule has 3 aliphatic rings. The lowest BCUT2D eigenvalue weighted by molar-refractivity contribution is -0.164. The number of hydrogen-bond donors (Lipinski definition) is 8. The van der Waals surface area contributed by atoms with Crippen LogP contribution in [0.25, 0.3) is 0 Å². The van der Waals surface area contributed by atoms with Crippen molar-refractivity contribution in [2.75, 3.05) is 64.4 Å². The van der Waals surface area contributed by atoms with Crippen LogP contribution in [0.1, 0.15) is 218 Å². The summed E-state index contributed by atoms with van der Waals surface area (Å²) in [5, 5.41) is 35.3. The van der Waals surface area contributed by atoms with E-state index in [1.165, 1.54) is 0 Å². The molecule has 12 N–H and O–H groups in total. The number of nitrogens with zero attached hydrogens (tertiary/aromatic N) is 2. The molecule has 4 amide bonds. The average Bonchev–Trinajstić information content (AvgIpc) is 1.68. The highest BCUT2D eigenvalue weighted by atomic mass is 79.9. The number of carboxylic acids is 2. The van der Waals surface area contributed by atoms with Gasteiger partial charge in [0.1, 0.15) is 74.4 Å². The summed E-state index contributed by atoms with van der Waals surface area (Å²) in [5.41, 5.74) is 15.7. The van der Waals surface area contributed by atoms with E-state index < -0.39 is 136 Å². The van der Waals surface area contributed by atoms with Crippen LogP contribution in [0.15, 0.2) is 31.7 Å². The minimum atomic E-state index is -1.27. The van der Waals surface area contributed by atoms with E-state index in [1.54, 1.807) is 145 Å². The van der Waals surface area contributed by atoms with Crippen LogP contribution in [0.3, 0.4) is 0 Å². The molecule has 45 heteroatoms.